The Morgan fingerprint density at radius 1 is 1.83 bits per heavy atom. The van der Waals surface area contributed by atoms with Gasteiger partial charge in [0, 0.05) is 0 Å². The zero-order valence-electron chi connectivity index (χ0n) is 6.40. The highest BCUT2D eigenvalue weighted by Gasteiger charge is 2.19. The Bertz CT molecular complexity index is 297. The van der Waals surface area contributed by atoms with Gasteiger partial charge in [0.25, 0.3) is 0 Å². The molecular formula is C6H8N2O3S. The van der Waals surface area contributed by atoms with Crippen LogP contribution in [0.5, 0.6) is 0 Å². The molecule has 0 radical (unpaired) electrons. The minimum absolute atomic E-state index is 0.0400. The first kappa shape index (κ1) is 8.92. The van der Waals surface area contributed by atoms with Gasteiger partial charge in [-0.1, -0.05) is 12.1 Å². The number of thioether (sulfide) groups is 1. The van der Waals surface area contributed by atoms with Crippen LogP contribution in [0.4, 0.5) is 5.88 Å². The fourth-order valence-corrected chi connectivity index (χ4v) is 1.42. The van der Waals surface area contributed by atoms with E-state index in [9.17, 15) is 4.79 Å². The van der Waals surface area contributed by atoms with Crippen LogP contribution in [0.1, 0.15) is 17.3 Å². The zero-order valence-corrected chi connectivity index (χ0v) is 7.22. The van der Waals surface area contributed by atoms with Crippen LogP contribution in [0, 0.1) is 0 Å². The molecule has 0 bridgehead atoms. The van der Waals surface area contributed by atoms with Crippen LogP contribution in [0.15, 0.2) is 9.55 Å². The summed E-state index contributed by atoms with van der Waals surface area (Å²) in [6.07, 6.45) is 0. The van der Waals surface area contributed by atoms with E-state index in [4.69, 9.17) is 10.8 Å². The van der Waals surface area contributed by atoms with Crippen molar-refractivity contribution in [3.63, 3.8) is 0 Å². The third-order valence-corrected chi connectivity index (χ3v) is 2.02. The van der Waals surface area contributed by atoms with Crippen LogP contribution in [0.25, 0.3) is 0 Å². The summed E-state index contributed by atoms with van der Waals surface area (Å²) in [5.41, 5.74) is 5.21. The predicted molar refractivity (Wildman–Crippen MR) is 44.3 cm³/mol. The number of anilines is 1. The molecule has 0 amide bonds. The quantitative estimate of drug-likeness (QED) is 0.689. The molecule has 0 aromatic carbocycles. The second-order valence-electron chi connectivity index (χ2n) is 1.97. The highest BCUT2D eigenvalue weighted by atomic mass is 32.2. The minimum Gasteiger partial charge on any atom is -0.477 e. The van der Waals surface area contributed by atoms with Gasteiger partial charge in [-0.15, -0.1) is 11.8 Å². The molecule has 12 heavy (non-hydrogen) atoms. The Morgan fingerprint density at radius 2 is 2.50 bits per heavy atom. The average Bonchev–Trinajstić information content (AvgIpc) is 2.32. The van der Waals surface area contributed by atoms with Gasteiger partial charge in [-0.2, -0.15) is 0 Å². The number of nitrogen functional groups attached to an aromatic ring is 1. The van der Waals surface area contributed by atoms with Crippen molar-refractivity contribution >= 4 is 23.6 Å². The summed E-state index contributed by atoms with van der Waals surface area (Å²) in [5, 5.41) is 12.5. The van der Waals surface area contributed by atoms with Gasteiger partial charge < -0.3 is 15.4 Å². The maximum Gasteiger partial charge on any atom is 0.344 e. The monoisotopic (exact) mass is 188 g/mol. The molecule has 1 heterocycles. The van der Waals surface area contributed by atoms with Gasteiger partial charge in [-0.05, 0) is 5.75 Å². The smallest absolute Gasteiger partial charge is 0.344 e. The number of nitrogens with zero attached hydrogens (tertiary/aromatic N) is 1. The summed E-state index contributed by atoms with van der Waals surface area (Å²) in [6.45, 7) is 1.89. The van der Waals surface area contributed by atoms with Gasteiger partial charge in [0.2, 0.25) is 5.88 Å². The highest BCUT2D eigenvalue weighted by molar-refractivity contribution is 7.99. The lowest BCUT2D eigenvalue weighted by molar-refractivity contribution is 0.0694. The number of aromatic nitrogens is 1. The van der Waals surface area contributed by atoms with Crippen molar-refractivity contribution in [2.24, 2.45) is 0 Å². The van der Waals surface area contributed by atoms with E-state index in [-0.39, 0.29) is 11.4 Å². The molecule has 3 N–H and O–H groups in total. The molecule has 0 fully saturated rings. The summed E-state index contributed by atoms with van der Waals surface area (Å²) in [5.74, 6) is -0.519. The number of hydrogen-bond acceptors (Lipinski definition) is 5. The lowest BCUT2D eigenvalue weighted by Gasteiger charge is -1.92. The molecule has 6 heteroatoms. The SMILES string of the molecule is CCSc1noc(N)c1C(=O)O. The van der Waals surface area contributed by atoms with Crippen LogP contribution < -0.4 is 5.73 Å². The molecular weight excluding hydrogens is 180 g/mol. The maximum atomic E-state index is 10.6. The Balaban J connectivity index is 3.04. The normalized spacial score (nSPS) is 10.1. The van der Waals surface area contributed by atoms with E-state index in [1.807, 2.05) is 6.92 Å². The molecule has 1 aromatic heterocycles. The molecule has 0 spiro atoms. The first-order valence-electron chi connectivity index (χ1n) is 3.28. The van der Waals surface area contributed by atoms with Gasteiger partial charge in [-0.3, -0.25) is 0 Å². The fraction of sp³-hybridized carbons (Fsp3) is 0.333. The lowest BCUT2D eigenvalue weighted by Crippen LogP contribution is -2.00. The summed E-state index contributed by atoms with van der Waals surface area (Å²) < 4.78 is 4.54. The van der Waals surface area contributed by atoms with Crippen molar-refractivity contribution in [3.8, 4) is 0 Å². The molecule has 1 aromatic rings. The standard InChI is InChI=1S/C6H8N2O3S/c1-2-12-5-3(6(9)10)4(7)11-8-5/h2,7H2,1H3,(H,9,10). The number of aromatic carboxylic acids is 1. The number of carbonyl (C=O) groups is 1. The second-order valence-corrected chi connectivity index (χ2v) is 3.22. The van der Waals surface area contributed by atoms with E-state index >= 15 is 0 Å². The first-order chi connectivity index (χ1) is 5.66. The van der Waals surface area contributed by atoms with Crippen molar-refractivity contribution in [1.29, 1.82) is 0 Å². The van der Waals surface area contributed by atoms with Crippen molar-refractivity contribution < 1.29 is 14.4 Å². The average molecular weight is 188 g/mol. The van der Waals surface area contributed by atoms with Gasteiger partial charge >= 0.3 is 5.97 Å². The largest absolute Gasteiger partial charge is 0.477 e. The Labute approximate surface area is 72.9 Å². The van der Waals surface area contributed by atoms with Crippen LogP contribution in [0.3, 0.4) is 0 Å². The lowest BCUT2D eigenvalue weighted by atomic mass is 10.3. The molecule has 0 unspecified atom stereocenters. The summed E-state index contributed by atoms with van der Waals surface area (Å²) in [7, 11) is 0. The van der Waals surface area contributed by atoms with Crippen molar-refractivity contribution in [1.82, 2.24) is 5.16 Å². The summed E-state index contributed by atoms with van der Waals surface area (Å²) >= 11 is 1.29. The number of nitrogens with two attached hydrogens (primary N) is 1. The minimum atomic E-state index is -1.11. The maximum absolute atomic E-state index is 10.6. The zero-order chi connectivity index (χ0) is 9.14. The van der Waals surface area contributed by atoms with Crippen LogP contribution in [-0.4, -0.2) is 22.0 Å². The molecule has 5 nitrogen and oxygen atoms in total. The molecule has 0 aliphatic heterocycles. The second kappa shape index (κ2) is 3.48. The first-order valence-corrected chi connectivity index (χ1v) is 4.26. The third kappa shape index (κ3) is 1.53. The van der Waals surface area contributed by atoms with E-state index in [1.54, 1.807) is 0 Å². The van der Waals surface area contributed by atoms with Crippen molar-refractivity contribution in [2.45, 2.75) is 11.9 Å². The molecule has 0 saturated heterocycles. The summed E-state index contributed by atoms with van der Waals surface area (Å²) in [6, 6.07) is 0. The summed E-state index contributed by atoms with van der Waals surface area (Å²) in [4.78, 5) is 10.6. The van der Waals surface area contributed by atoms with Crippen LogP contribution >= 0.6 is 11.8 Å². The Hall–Kier alpha value is -1.17. The molecule has 0 atom stereocenters. The van der Waals surface area contributed by atoms with E-state index < -0.39 is 5.97 Å². The highest BCUT2D eigenvalue weighted by Crippen LogP contribution is 2.25. The van der Waals surface area contributed by atoms with Crippen molar-refractivity contribution in [3.05, 3.63) is 5.56 Å². The van der Waals surface area contributed by atoms with Crippen molar-refractivity contribution in [2.75, 3.05) is 11.5 Å². The van der Waals surface area contributed by atoms with Gasteiger partial charge in [0.15, 0.2) is 10.6 Å². The predicted octanol–water partition coefficient (Wildman–Crippen LogP) is 1.07. The van der Waals surface area contributed by atoms with E-state index in [2.05, 4.69) is 9.68 Å². The Morgan fingerprint density at radius 3 is 3.00 bits per heavy atom. The number of hydrogen-bond donors (Lipinski definition) is 2. The van der Waals surface area contributed by atoms with Gasteiger partial charge in [-0.25, -0.2) is 4.79 Å². The van der Waals surface area contributed by atoms with E-state index in [1.165, 1.54) is 11.8 Å². The number of rotatable bonds is 3. The van der Waals surface area contributed by atoms with E-state index in [0.29, 0.717) is 5.03 Å². The van der Waals surface area contributed by atoms with E-state index in [0.717, 1.165) is 5.75 Å². The molecule has 0 aliphatic rings. The van der Waals surface area contributed by atoms with Gasteiger partial charge in [0.05, 0.1) is 0 Å². The molecule has 1 rings (SSSR count). The van der Waals surface area contributed by atoms with Crippen LogP contribution in [-0.2, 0) is 0 Å². The number of carboxylic acid groups (broad SMARTS) is 1. The molecule has 0 saturated carbocycles. The number of carboxylic acids is 1. The Kier molecular flexibility index (Phi) is 2.59. The van der Waals surface area contributed by atoms with Gasteiger partial charge in [0.1, 0.15) is 0 Å². The third-order valence-electron chi connectivity index (χ3n) is 1.18. The molecule has 0 aliphatic carbocycles. The topological polar surface area (TPSA) is 89.4 Å². The fourth-order valence-electron chi connectivity index (χ4n) is 0.719. The van der Waals surface area contributed by atoms with Crippen LogP contribution in [0.2, 0.25) is 0 Å². The molecule has 66 valence electrons.